The van der Waals surface area contributed by atoms with Gasteiger partial charge < -0.3 is 19.3 Å². The lowest BCUT2D eigenvalue weighted by Crippen LogP contribution is -2.44. The van der Waals surface area contributed by atoms with Crippen LogP contribution in [0.5, 0.6) is 17.2 Å². The summed E-state index contributed by atoms with van der Waals surface area (Å²) in [4.78, 5) is 11.5. The molecule has 9 heteroatoms. The van der Waals surface area contributed by atoms with E-state index in [1.165, 1.54) is 6.92 Å². The molecule has 0 aliphatic carbocycles. The van der Waals surface area contributed by atoms with Gasteiger partial charge in [0, 0.05) is 30.2 Å². The van der Waals surface area contributed by atoms with Gasteiger partial charge in [-0.25, -0.2) is 8.42 Å². The molecule has 0 saturated heterocycles. The Kier molecular flexibility index (Phi) is 6.44. The lowest BCUT2D eigenvalue weighted by atomic mass is 9.85. The second-order valence-corrected chi connectivity index (χ2v) is 10.2. The highest BCUT2D eigenvalue weighted by Gasteiger charge is 2.40. The van der Waals surface area contributed by atoms with Crippen molar-refractivity contribution in [3.63, 3.8) is 0 Å². The van der Waals surface area contributed by atoms with Crippen LogP contribution in [-0.4, -0.2) is 38.0 Å². The summed E-state index contributed by atoms with van der Waals surface area (Å²) in [6, 6.07) is 6.54. The Bertz CT molecular complexity index is 1140. The SMILES string of the molecule is CC(=O)Oc1c(C)c(C)c2c(c1C)C(O)CC(C)(COc1ccc(NS(C)(=O)=O)cc1)O2. The van der Waals surface area contributed by atoms with Crippen molar-refractivity contribution in [3.05, 3.63) is 46.5 Å². The molecule has 1 aliphatic heterocycles. The maximum atomic E-state index is 11.5. The third kappa shape index (κ3) is 5.16. The van der Waals surface area contributed by atoms with E-state index < -0.39 is 27.7 Å². The van der Waals surface area contributed by atoms with Crippen LogP contribution < -0.4 is 18.9 Å². The van der Waals surface area contributed by atoms with Gasteiger partial charge in [-0.15, -0.1) is 0 Å². The molecular formula is C23H29NO7S. The molecule has 2 aromatic carbocycles. The maximum Gasteiger partial charge on any atom is 0.308 e. The largest absolute Gasteiger partial charge is 0.489 e. The van der Waals surface area contributed by atoms with Crippen LogP contribution in [-0.2, 0) is 14.8 Å². The van der Waals surface area contributed by atoms with Gasteiger partial charge in [-0.2, -0.15) is 0 Å². The number of hydrogen-bond acceptors (Lipinski definition) is 7. The second-order valence-electron chi connectivity index (χ2n) is 8.50. The number of carbonyl (C=O) groups excluding carboxylic acids is 1. The number of sulfonamides is 1. The molecule has 1 aliphatic rings. The molecule has 2 aromatic rings. The van der Waals surface area contributed by atoms with E-state index in [4.69, 9.17) is 14.2 Å². The van der Waals surface area contributed by atoms with Crippen molar-refractivity contribution in [3.8, 4) is 17.2 Å². The van der Waals surface area contributed by atoms with Gasteiger partial charge in [0.15, 0.2) is 0 Å². The molecule has 0 saturated carbocycles. The first-order chi connectivity index (χ1) is 14.8. The number of carbonyl (C=O) groups is 1. The van der Waals surface area contributed by atoms with Crippen LogP contribution in [0, 0.1) is 20.8 Å². The van der Waals surface area contributed by atoms with Crippen molar-refractivity contribution >= 4 is 21.7 Å². The predicted octanol–water partition coefficient (Wildman–Crippen LogP) is 3.56. The van der Waals surface area contributed by atoms with E-state index in [1.54, 1.807) is 31.2 Å². The van der Waals surface area contributed by atoms with Gasteiger partial charge in [-0.1, -0.05) is 0 Å². The molecule has 0 amide bonds. The number of aliphatic hydroxyl groups is 1. The minimum atomic E-state index is -3.35. The number of nitrogens with one attached hydrogen (secondary N) is 1. The van der Waals surface area contributed by atoms with Crippen molar-refractivity contribution in [2.75, 3.05) is 17.6 Å². The third-order valence-electron chi connectivity index (χ3n) is 5.49. The summed E-state index contributed by atoms with van der Waals surface area (Å²) in [5.74, 6) is 1.16. The fraction of sp³-hybridized carbons (Fsp3) is 0.435. The van der Waals surface area contributed by atoms with Crippen LogP contribution >= 0.6 is 0 Å². The van der Waals surface area contributed by atoms with E-state index in [9.17, 15) is 18.3 Å². The smallest absolute Gasteiger partial charge is 0.308 e. The lowest BCUT2D eigenvalue weighted by Gasteiger charge is -2.40. The monoisotopic (exact) mass is 463 g/mol. The minimum absolute atomic E-state index is 0.172. The fourth-order valence-corrected chi connectivity index (χ4v) is 4.47. The highest BCUT2D eigenvalue weighted by Crippen LogP contribution is 2.48. The van der Waals surface area contributed by atoms with E-state index in [0.29, 0.717) is 34.1 Å². The number of hydrogen-bond donors (Lipinski definition) is 2. The van der Waals surface area contributed by atoms with Crippen molar-refractivity contribution in [2.45, 2.75) is 52.7 Å². The normalized spacial score (nSPS) is 20.2. The van der Waals surface area contributed by atoms with Crippen LogP contribution in [0.2, 0.25) is 0 Å². The van der Waals surface area contributed by atoms with E-state index in [1.807, 2.05) is 20.8 Å². The van der Waals surface area contributed by atoms with E-state index >= 15 is 0 Å². The minimum Gasteiger partial charge on any atom is -0.489 e. The Morgan fingerprint density at radius 3 is 2.38 bits per heavy atom. The molecule has 32 heavy (non-hydrogen) atoms. The summed E-state index contributed by atoms with van der Waals surface area (Å²) < 4.78 is 42.7. The first-order valence-electron chi connectivity index (χ1n) is 10.2. The lowest BCUT2D eigenvalue weighted by molar-refractivity contribution is -0.132. The van der Waals surface area contributed by atoms with Gasteiger partial charge in [0.2, 0.25) is 10.0 Å². The number of benzene rings is 2. The average Bonchev–Trinajstić information content (AvgIpc) is 2.67. The predicted molar refractivity (Wildman–Crippen MR) is 121 cm³/mol. The number of esters is 1. The molecular weight excluding hydrogens is 434 g/mol. The Morgan fingerprint density at radius 2 is 1.81 bits per heavy atom. The van der Waals surface area contributed by atoms with E-state index in [2.05, 4.69) is 4.72 Å². The molecule has 174 valence electrons. The molecule has 0 spiro atoms. The standard InChI is InChI=1S/C23H29NO7S/c1-13-14(2)22-20(15(3)21(13)30-16(4)25)19(26)11-23(5,31-22)12-29-18-9-7-17(8-10-18)24-32(6,27)28/h7-10,19,24,26H,11-12H2,1-6H3. The number of anilines is 1. The zero-order valence-electron chi connectivity index (χ0n) is 19.1. The highest BCUT2D eigenvalue weighted by atomic mass is 32.2. The number of fused-ring (bicyclic) bond motifs is 1. The second kappa shape index (κ2) is 8.63. The van der Waals surface area contributed by atoms with E-state index in [-0.39, 0.29) is 13.0 Å². The first-order valence-corrected chi connectivity index (χ1v) is 12.1. The fourth-order valence-electron chi connectivity index (χ4n) is 3.90. The average molecular weight is 464 g/mol. The maximum absolute atomic E-state index is 11.5. The summed E-state index contributed by atoms with van der Waals surface area (Å²) >= 11 is 0. The Hall–Kier alpha value is -2.78. The Labute approximate surface area is 188 Å². The Balaban J connectivity index is 1.81. The van der Waals surface area contributed by atoms with Crippen LogP contribution in [0.15, 0.2) is 24.3 Å². The van der Waals surface area contributed by atoms with Crippen LogP contribution in [0.25, 0.3) is 0 Å². The summed E-state index contributed by atoms with van der Waals surface area (Å²) in [6.07, 6.45) is 0.557. The Morgan fingerprint density at radius 1 is 1.19 bits per heavy atom. The van der Waals surface area contributed by atoms with Crippen molar-refractivity contribution in [1.82, 2.24) is 0 Å². The summed E-state index contributed by atoms with van der Waals surface area (Å²) in [6.45, 7) is 8.91. The molecule has 2 N–H and O–H groups in total. The third-order valence-corrected chi connectivity index (χ3v) is 6.09. The summed E-state index contributed by atoms with van der Waals surface area (Å²) in [7, 11) is -3.35. The van der Waals surface area contributed by atoms with E-state index in [0.717, 1.165) is 17.4 Å². The molecule has 1 heterocycles. The number of ether oxygens (including phenoxy) is 3. The van der Waals surface area contributed by atoms with Gasteiger partial charge in [0.1, 0.15) is 29.5 Å². The highest BCUT2D eigenvalue weighted by molar-refractivity contribution is 7.92. The number of rotatable bonds is 6. The molecule has 2 unspecified atom stereocenters. The zero-order chi connectivity index (χ0) is 23.8. The molecule has 0 bridgehead atoms. The van der Waals surface area contributed by atoms with Crippen LogP contribution in [0.3, 0.4) is 0 Å². The quantitative estimate of drug-likeness (QED) is 0.498. The topological polar surface area (TPSA) is 111 Å². The molecule has 0 aromatic heterocycles. The van der Waals surface area contributed by atoms with Crippen LogP contribution in [0.4, 0.5) is 5.69 Å². The van der Waals surface area contributed by atoms with Gasteiger partial charge in [0.25, 0.3) is 0 Å². The van der Waals surface area contributed by atoms with Gasteiger partial charge in [-0.05, 0) is 63.1 Å². The van der Waals surface area contributed by atoms with Crippen molar-refractivity contribution < 1.29 is 32.5 Å². The van der Waals surface area contributed by atoms with Gasteiger partial charge >= 0.3 is 5.97 Å². The van der Waals surface area contributed by atoms with Crippen molar-refractivity contribution in [1.29, 1.82) is 0 Å². The number of aliphatic hydroxyl groups excluding tert-OH is 1. The first kappa shape index (κ1) is 23.9. The molecule has 8 nitrogen and oxygen atoms in total. The van der Waals surface area contributed by atoms with Crippen molar-refractivity contribution in [2.24, 2.45) is 0 Å². The molecule has 0 radical (unpaired) electrons. The molecule has 2 atom stereocenters. The summed E-state index contributed by atoms with van der Waals surface area (Å²) in [5.41, 5.74) is 2.52. The molecule has 0 fully saturated rings. The van der Waals surface area contributed by atoms with Gasteiger partial charge in [0.05, 0.1) is 12.4 Å². The summed E-state index contributed by atoms with van der Waals surface area (Å²) in [5, 5.41) is 11.0. The van der Waals surface area contributed by atoms with Crippen LogP contribution in [0.1, 0.15) is 48.6 Å². The molecule has 3 rings (SSSR count). The van der Waals surface area contributed by atoms with Gasteiger partial charge in [-0.3, -0.25) is 9.52 Å². The zero-order valence-corrected chi connectivity index (χ0v) is 19.9.